The molecule has 1 saturated heterocycles. The van der Waals surface area contributed by atoms with E-state index in [9.17, 15) is 0 Å². The van der Waals surface area contributed by atoms with Crippen LogP contribution >= 0.6 is 11.3 Å². The minimum atomic E-state index is 0.664. The zero-order valence-corrected chi connectivity index (χ0v) is 8.35. The summed E-state index contributed by atoms with van der Waals surface area (Å²) < 4.78 is 5.55. The Labute approximate surface area is 82.1 Å². The zero-order chi connectivity index (χ0) is 8.93. The number of hydrogen-bond donors (Lipinski definition) is 1. The summed E-state index contributed by atoms with van der Waals surface area (Å²) in [7, 11) is 0. The van der Waals surface area contributed by atoms with Gasteiger partial charge < -0.3 is 10.1 Å². The third-order valence-corrected chi connectivity index (χ3v) is 2.93. The molecule has 0 spiro atoms. The van der Waals surface area contributed by atoms with E-state index in [1.807, 2.05) is 5.38 Å². The van der Waals surface area contributed by atoms with Gasteiger partial charge in [-0.15, -0.1) is 0 Å². The number of rotatable bonds is 3. The van der Waals surface area contributed by atoms with Gasteiger partial charge in [0.15, 0.2) is 0 Å². The van der Waals surface area contributed by atoms with Crippen LogP contribution in [0.25, 0.3) is 0 Å². The average Bonchev–Trinajstić information content (AvgIpc) is 2.69. The molecule has 0 amide bonds. The molecule has 1 fully saturated rings. The third kappa shape index (κ3) is 2.67. The molecule has 4 heteroatoms. The van der Waals surface area contributed by atoms with Crippen LogP contribution in [0.5, 0.6) is 5.19 Å². The summed E-state index contributed by atoms with van der Waals surface area (Å²) in [6.07, 6.45) is 4.32. The lowest BCUT2D eigenvalue weighted by Gasteiger charge is -2.21. The summed E-state index contributed by atoms with van der Waals surface area (Å²) in [5.41, 5.74) is 0. The van der Waals surface area contributed by atoms with E-state index in [0.717, 1.165) is 24.9 Å². The first-order valence-electron chi connectivity index (χ1n) is 4.68. The van der Waals surface area contributed by atoms with Crippen LogP contribution in [0.15, 0.2) is 11.6 Å². The van der Waals surface area contributed by atoms with Crippen molar-refractivity contribution in [2.24, 2.45) is 5.92 Å². The Morgan fingerprint density at radius 3 is 3.38 bits per heavy atom. The van der Waals surface area contributed by atoms with Crippen molar-refractivity contribution in [1.82, 2.24) is 10.3 Å². The molecule has 0 aliphatic carbocycles. The maximum absolute atomic E-state index is 5.55. The van der Waals surface area contributed by atoms with Crippen LogP contribution in [0.4, 0.5) is 0 Å². The van der Waals surface area contributed by atoms with Gasteiger partial charge in [0.25, 0.3) is 5.19 Å². The fourth-order valence-corrected chi connectivity index (χ4v) is 2.03. The average molecular weight is 198 g/mol. The minimum absolute atomic E-state index is 0.664. The monoisotopic (exact) mass is 198 g/mol. The summed E-state index contributed by atoms with van der Waals surface area (Å²) >= 11 is 1.56. The molecule has 2 rings (SSSR count). The largest absolute Gasteiger partial charge is 0.470 e. The highest BCUT2D eigenvalue weighted by molar-refractivity contribution is 7.11. The van der Waals surface area contributed by atoms with E-state index in [-0.39, 0.29) is 0 Å². The molecule has 0 radical (unpaired) electrons. The number of piperidine rings is 1. The molecule has 1 unspecified atom stereocenters. The van der Waals surface area contributed by atoms with E-state index in [0.29, 0.717) is 5.92 Å². The van der Waals surface area contributed by atoms with Gasteiger partial charge >= 0.3 is 0 Å². The second-order valence-electron chi connectivity index (χ2n) is 3.32. The molecular weight excluding hydrogens is 184 g/mol. The quantitative estimate of drug-likeness (QED) is 0.799. The predicted molar refractivity (Wildman–Crippen MR) is 53.2 cm³/mol. The van der Waals surface area contributed by atoms with E-state index in [4.69, 9.17) is 4.74 Å². The maximum atomic E-state index is 5.55. The lowest BCUT2D eigenvalue weighted by molar-refractivity contribution is 0.218. The number of hydrogen-bond acceptors (Lipinski definition) is 4. The van der Waals surface area contributed by atoms with Crippen molar-refractivity contribution in [2.75, 3.05) is 19.7 Å². The van der Waals surface area contributed by atoms with Gasteiger partial charge in [-0.1, -0.05) is 11.3 Å². The standard InChI is InChI=1S/C9H14N2OS/c1-2-8(6-10-3-1)7-12-9-11-4-5-13-9/h4-5,8,10H,1-3,6-7H2. The van der Waals surface area contributed by atoms with Crippen LogP contribution < -0.4 is 10.1 Å². The van der Waals surface area contributed by atoms with Gasteiger partial charge in [-0.2, -0.15) is 0 Å². The highest BCUT2D eigenvalue weighted by Crippen LogP contribution is 2.16. The van der Waals surface area contributed by atoms with Crippen LogP contribution in [0, 0.1) is 5.92 Å². The molecule has 0 saturated carbocycles. The van der Waals surface area contributed by atoms with Crippen molar-refractivity contribution in [3.05, 3.63) is 11.6 Å². The Morgan fingerprint density at radius 1 is 1.69 bits per heavy atom. The number of nitrogens with zero attached hydrogens (tertiary/aromatic N) is 1. The van der Waals surface area contributed by atoms with Crippen molar-refractivity contribution in [2.45, 2.75) is 12.8 Å². The molecule has 1 N–H and O–H groups in total. The number of ether oxygens (including phenoxy) is 1. The topological polar surface area (TPSA) is 34.1 Å². The Balaban J connectivity index is 1.72. The molecule has 72 valence electrons. The first kappa shape index (κ1) is 8.97. The molecule has 2 heterocycles. The normalized spacial score (nSPS) is 22.9. The van der Waals surface area contributed by atoms with Crippen molar-refractivity contribution in [3.8, 4) is 5.19 Å². The van der Waals surface area contributed by atoms with Gasteiger partial charge in [-0.3, -0.25) is 0 Å². The van der Waals surface area contributed by atoms with Crippen LogP contribution in [0.2, 0.25) is 0 Å². The van der Waals surface area contributed by atoms with Crippen molar-refractivity contribution >= 4 is 11.3 Å². The summed E-state index contributed by atoms with van der Waals surface area (Å²) in [4.78, 5) is 4.08. The molecule has 1 aromatic rings. The zero-order valence-electron chi connectivity index (χ0n) is 7.53. The fraction of sp³-hybridized carbons (Fsp3) is 0.667. The highest BCUT2D eigenvalue weighted by Gasteiger charge is 2.13. The summed E-state index contributed by atoms with van der Waals surface area (Å²) in [5, 5.41) is 6.10. The number of thiazole rings is 1. The third-order valence-electron chi connectivity index (χ3n) is 2.25. The Bertz CT molecular complexity index is 232. The summed E-state index contributed by atoms with van der Waals surface area (Å²) in [6.45, 7) is 3.06. The van der Waals surface area contributed by atoms with Crippen LogP contribution in [-0.2, 0) is 0 Å². The Hall–Kier alpha value is -0.610. The summed E-state index contributed by atoms with van der Waals surface area (Å²) in [5.74, 6) is 0.664. The van der Waals surface area contributed by atoms with Gasteiger partial charge in [0, 0.05) is 24.0 Å². The number of aromatic nitrogens is 1. The first-order chi connectivity index (χ1) is 6.45. The predicted octanol–water partition coefficient (Wildman–Crippen LogP) is 1.52. The Kier molecular flexibility index (Phi) is 3.16. The molecule has 1 atom stereocenters. The SMILES string of the molecule is c1csc(OCC2CCCNC2)n1. The van der Waals surface area contributed by atoms with Crippen LogP contribution in [0.1, 0.15) is 12.8 Å². The van der Waals surface area contributed by atoms with Gasteiger partial charge in [-0.05, 0) is 19.4 Å². The van der Waals surface area contributed by atoms with Gasteiger partial charge in [-0.25, -0.2) is 4.98 Å². The van der Waals surface area contributed by atoms with E-state index >= 15 is 0 Å². The molecule has 13 heavy (non-hydrogen) atoms. The lowest BCUT2D eigenvalue weighted by Crippen LogP contribution is -2.32. The van der Waals surface area contributed by atoms with Gasteiger partial charge in [0.05, 0.1) is 6.61 Å². The molecule has 0 aromatic carbocycles. The Morgan fingerprint density at radius 2 is 2.69 bits per heavy atom. The van der Waals surface area contributed by atoms with E-state index in [1.165, 1.54) is 12.8 Å². The molecule has 0 bridgehead atoms. The van der Waals surface area contributed by atoms with Crippen molar-refractivity contribution in [1.29, 1.82) is 0 Å². The highest BCUT2D eigenvalue weighted by atomic mass is 32.1. The fourth-order valence-electron chi connectivity index (χ4n) is 1.54. The second kappa shape index (κ2) is 4.58. The molecule has 1 aromatic heterocycles. The van der Waals surface area contributed by atoms with Crippen LogP contribution in [0.3, 0.4) is 0 Å². The van der Waals surface area contributed by atoms with Crippen LogP contribution in [-0.4, -0.2) is 24.7 Å². The van der Waals surface area contributed by atoms with Crippen molar-refractivity contribution in [3.63, 3.8) is 0 Å². The maximum Gasteiger partial charge on any atom is 0.273 e. The second-order valence-corrected chi connectivity index (χ2v) is 4.18. The summed E-state index contributed by atoms with van der Waals surface area (Å²) in [6, 6.07) is 0. The smallest absolute Gasteiger partial charge is 0.273 e. The molecule has 3 nitrogen and oxygen atoms in total. The van der Waals surface area contributed by atoms with E-state index in [1.54, 1.807) is 17.5 Å². The minimum Gasteiger partial charge on any atom is -0.470 e. The van der Waals surface area contributed by atoms with Crippen molar-refractivity contribution < 1.29 is 4.74 Å². The lowest BCUT2D eigenvalue weighted by atomic mass is 10.0. The van der Waals surface area contributed by atoms with Gasteiger partial charge in [0.1, 0.15) is 0 Å². The van der Waals surface area contributed by atoms with E-state index < -0.39 is 0 Å². The van der Waals surface area contributed by atoms with E-state index in [2.05, 4.69) is 10.3 Å². The first-order valence-corrected chi connectivity index (χ1v) is 5.56. The number of nitrogens with one attached hydrogen (secondary N) is 1. The molecule has 1 aliphatic heterocycles. The molecule has 1 aliphatic rings. The molecular formula is C9H14N2OS. The van der Waals surface area contributed by atoms with Gasteiger partial charge in [0.2, 0.25) is 0 Å².